The summed E-state index contributed by atoms with van der Waals surface area (Å²) >= 11 is 0. The minimum absolute atomic E-state index is 0.125. The van der Waals surface area contributed by atoms with Gasteiger partial charge in [-0.3, -0.25) is 9.78 Å². The fourth-order valence-corrected chi connectivity index (χ4v) is 4.56. The molecule has 1 fully saturated rings. The molecule has 2 atom stereocenters. The highest BCUT2D eigenvalue weighted by molar-refractivity contribution is 5.74. The number of primary amides is 1. The topological polar surface area (TPSA) is 85.5 Å². The number of amides is 2. The molecule has 2 aromatic rings. The van der Waals surface area contributed by atoms with Crippen molar-refractivity contribution in [3.05, 3.63) is 78.2 Å². The first-order valence-corrected chi connectivity index (χ1v) is 11.1. The van der Waals surface area contributed by atoms with Gasteiger partial charge >= 0.3 is 6.09 Å². The van der Waals surface area contributed by atoms with Gasteiger partial charge in [0.15, 0.2) is 0 Å². The minimum Gasteiger partial charge on any atom is -0.438 e. The maximum atomic E-state index is 13.1. The molecular weight excluding hydrogens is 402 g/mol. The number of carbonyl (C=O) groups excluding carboxylic acids is 2. The van der Waals surface area contributed by atoms with Crippen LogP contribution in [-0.2, 0) is 9.53 Å². The molecule has 1 aromatic carbocycles. The van der Waals surface area contributed by atoms with Gasteiger partial charge in [-0.2, -0.15) is 0 Å². The Morgan fingerprint density at radius 3 is 2.69 bits per heavy atom. The van der Waals surface area contributed by atoms with Crippen molar-refractivity contribution in [1.82, 2.24) is 9.88 Å². The van der Waals surface area contributed by atoms with Crippen molar-refractivity contribution < 1.29 is 14.3 Å². The van der Waals surface area contributed by atoms with Crippen LogP contribution in [0.5, 0.6) is 0 Å². The second-order valence-corrected chi connectivity index (χ2v) is 8.47. The van der Waals surface area contributed by atoms with Crippen molar-refractivity contribution in [1.29, 1.82) is 0 Å². The van der Waals surface area contributed by atoms with E-state index in [0.717, 1.165) is 35.1 Å². The van der Waals surface area contributed by atoms with E-state index in [-0.39, 0.29) is 24.5 Å². The van der Waals surface area contributed by atoms with Crippen molar-refractivity contribution >= 4 is 12.0 Å². The van der Waals surface area contributed by atoms with E-state index in [1.54, 1.807) is 11.1 Å². The number of hydrogen-bond donors (Lipinski definition) is 1. The smallest absolute Gasteiger partial charge is 0.411 e. The monoisotopic (exact) mass is 431 g/mol. The summed E-state index contributed by atoms with van der Waals surface area (Å²) in [5.74, 6) is -0.378. The highest BCUT2D eigenvalue weighted by Gasteiger charge is 2.44. The fourth-order valence-electron chi connectivity index (χ4n) is 4.56. The third-order valence-electron chi connectivity index (χ3n) is 6.50. The summed E-state index contributed by atoms with van der Waals surface area (Å²) in [7, 11) is 0. The first kappa shape index (κ1) is 21.8. The quantitative estimate of drug-likeness (QED) is 0.673. The lowest BCUT2D eigenvalue weighted by atomic mass is 9.80. The predicted molar refractivity (Wildman–Crippen MR) is 124 cm³/mol. The van der Waals surface area contributed by atoms with Crippen LogP contribution in [0.25, 0.3) is 11.1 Å². The number of pyridine rings is 1. The zero-order chi connectivity index (χ0) is 22.6. The minimum atomic E-state index is -0.753. The number of ether oxygens (including phenoxy) is 1. The number of rotatable bonds is 7. The molecule has 166 valence electrons. The molecule has 2 heterocycles. The number of carbonyl (C=O) groups is 2. The Labute approximate surface area is 188 Å². The first-order chi connectivity index (χ1) is 15.5. The number of aromatic nitrogens is 1. The van der Waals surface area contributed by atoms with Crippen molar-refractivity contribution in [2.45, 2.75) is 50.7 Å². The van der Waals surface area contributed by atoms with Crippen molar-refractivity contribution in [2.24, 2.45) is 5.73 Å². The molecule has 0 spiro atoms. The van der Waals surface area contributed by atoms with Gasteiger partial charge in [-0.1, -0.05) is 48.6 Å². The summed E-state index contributed by atoms with van der Waals surface area (Å²) in [6.07, 6.45) is 12.4. The summed E-state index contributed by atoms with van der Waals surface area (Å²) in [6.45, 7) is 2.57. The second kappa shape index (κ2) is 9.39. The largest absolute Gasteiger partial charge is 0.438 e. The molecule has 0 radical (unpaired) electrons. The molecule has 6 nitrogen and oxygen atoms in total. The molecule has 2 aliphatic rings. The van der Waals surface area contributed by atoms with E-state index in [0.29, 0.717) is 19.4 Å². The van der Waals surface area contributed by atoms with Crippen LogP contribution in [0.2, 0.25) is 0 Å². The lowest BCUT2D eigenvalue weighted by Gasteiger charge is -2.45. The van der Waals surface area contributed by atoms with Crippen LogP contribution in [0.3, 0.4) is 0 Å². The van der Waals surface area contributed by atoms with E-state index in [1.165, 1.54) is 0 Å². The van der Waals surface area contributed by atoms with Crippen LogP contribution in [0, 0.1) is 0 Å². The molecule has 1 aromatic heterocycles. The average molecular weight is 432 g/mol. The van der Waals surface area contributed by atoms with E-state index >= 15 is 0 Å². The number of nitrogens with zero attached hydrogens (tertiary/aromatic N) is 2. The number of benzene rings is 1. The van der Waals surface area contributed by atoms with Crippen LogP contribution in [0.15, 0.2) is 72.6 Å². The molecule has 0 saturated carbocycles. The third-order valence-corrected chi connectivity index (χ3v) is 6.50. The molecule has 2 N–H and O–H groups in total. The molecule has 0 unspecified atom stereocenters. The highest BCUT2D eigenvalue weighted by atomic mass is 16.6. The zero-order valence-electron chi connectivity index (χ0n) is 18.4. The molecule has 1 saturated heterocycles. The Morgan fingerprint density at radius 2 is 2.06 bits per heavy atom. The van der Waals surface area contributed by atoms with Crippen molar-refractivity contribution in [3.8, 4) is 11.1 Å². The van der Waals surface area contributed by atoms with Crippen LogP contribution in [0.1, 0.15) is 50.6 Å². The van der Waals surface area contributed by atoms with Gasteiger partial charge in [0.05, 0.1) is 6.04 Å². The van der Waals surface area contributed by atoms with Crippen LogP contribution < -0.4 is 5.73 Å². The van der Waals surface area contributed by atoms with Gasteiger partial charge in [-0.15, -0.1) is 0 Å². The second-order valence-electron chi connectivity index (χ2n) is 8.47. The highest BCUT2D eigenvalue weighted by Crippen LogP contribution is 2.40. The molecule has 4 rings (SSSR count). The summed E-state index contributed by atoms with van der Waals surface area (Å²) in [6, 6.07) is 12.0. The van der Waals surface area contributed by atoms with Gasteiger partial charge in [-0.25, -0.2) is 4.79 Å². The zero-order valence-corrected chi connectivity index (χ0v) is 18.4. The first-order valence-electron chi connectivity index (χ1n) is 11.1. The third kappa shape index (κ3) is 4.59. The Hall–Kier alpha value is -3.41. The average Bonchev–Trinajstić information content (AvgIpc) is 2.83. The summed E-state index contributed by atoms with van der Waals surface area (Å²) in [4.78, 5) is 30.5. The van der Waals surface area contributed by atoms with Gasteiger partial charge < -0.3 is 15.4 Å². The van der Waals surface area contributed by atoms with E-state index in [2.05, 4.69) is 23.2 Å². The van der Waals surface area contributed by atoms with E-state index in [4.69, 9.17) is 10.5 Å². The lowest BCUT2D eigenvalue weighted by molar-refractivity contribution is -0.119. The standard InChI is InChI=1S/C26H29N3O3/c1-19(20-9-11-21(12-10-20)22-6-5-16-28-18-22)29-17-15-26(32-25(29)31,14-13-24(27)30)23-7-3-2-4-8-23/h2-3,5-7,9-12,16,18-19H,4,8,13-15,17H2,1H3,(H2,27,30)/t19-,26+/m0/s1. The van der Waals surface area contributed by atoms with E-state index in [1.807, 2.05) is 49.5 Å². The van der Waals surface area contributed by atoms with E-state index < -0.39 is 5.60 Å². The predicted octanol–water partition coefficient (Wildman–Crippen LogP) is 4.93. The normalized spacial score (nSPS) is 21.6. The molecule has 1 aliphatic carbocycles. The van der Waals surface area contributed by atoms with Crippen LogP contribution >= 0.6 is 0 Å². The van der Waals surface area contributed by atoms with Crippen LogP contribution in [-0.4, -0.2) is 34.0 Å². The Morgan fingerprint density at radius 1 is 1.25 bits per heavy atom. The van der Waals surface area contributed by atoms with Gasteiger partial charge in [0.2, 0.25) is 5.91 Å². The van der Waals surface area contributed by atoms with Crippen molar-refractivity contribution in [3.63, 3.8) is 0 Å². The summed E-state index contributed by atoms with van der Waals surface area (Å²) in [5.41, 5.74) is 8.91. The Kier molecular flexibility index (Phi) is 6.40. The molecule has 6 heteroatoms. The van der Waals surface area contributed by atoms with Gasteiger partial charge in [0, 0.05) is 38.2 Å². The maximum absolute atomic E-state index is 13.1. The number of hydrogen-bond acceptors (Lipinski definition) is 4. The molecular formula is C26H29N3O3. The maximum Gasteiger partial charge on any atom is 0.411 e. The van der Waals surface area contributed by atoms with Crippen LogP contribution in [0.4, 0.5) is 4.79 Å². The van der Waals surface area contributed by atoms with Gasteiger partial charge in [0.1, 0.15) is 5.60 Å². The fraction of sp³-hybridized carbons (Fsp3) is 0.346. The van der Waals surface area contributed by atoms with Gasteiger partial charge in [0.25, 0.3) is 0 Å². The van der Waals surface area contributed by atoms with E-state index in [9.17, 15) is 9.59 Å². The summed E-state index contributed by atoms with van der Waals surface area (Å²) < 4.78 is 6.08. The summed E-state index contributed by atoms with van der Waals surface area (Å²) in [5, 5.41) is 0. The van der Waals surface area contributed by atoms with Gasteiger partial charge in [-0.05, 0) is 48.1 Å². The SMILES string of the molecule is C[C@@H](c1ccc(-c2cccnc2)cc1)N1CC[C@](CCC(N)=O)(C2=CC=CCC2)OC1=O. The number of cyclic esters (lactones) is 1. The Bertz CT molecular complexity index is 1030. The van der Waals surface area contributed by atoms with Crippen molar-refractivity contribution in [2.75, 3.05) is 6.54 Å². The molecule has 1 aliphatic heterocycles. The molecule has 2 amide bonds. The lowest BCUT2D eigenvalue weighted by Crippen LogP contribution is -2.51. The molecule has 32 heavy (non-hydrogen) atoms. The molecule has 0 bridgehead atoms. The number of allylic oxidation sites excluding steroid dienone is 3. The Balaban J connectivity index is 1.50. The number of nitrogens with two attached hydrogens (primary N) is 1.